The Kier molecular flexibility index (Phi) is 13.2. The largest absolute Gasteiger partial charge is 0.316 e. The van der Waals surface area contributed by atoms with Crippen LogP contribution in [0.4, 0.5) is 0 Å². The Hall–Kier alpha value is -4.59. The summed E-state index contributed by atoms with van der Waals surface area (Å²) in [6.07, 6.45) is 6.76. The van der Waals surface area contributed by atoms with E-state index in [2.05, 4.69) is 15.3 Å². The number of rotatable bonds is 9. The summed E-state index contributed by atoms with van der Waals surface area (Å²) in [6, 6.07) is 28.3. The smallest absolute Gasteiger partial charge is 0.269 e. The first-order valence-electron chi connectivity index (χ1n) is 14.6. The maximum atomic E-state index is 13.2. The zero-order valence-corrected chi connectivity index (χ0v) is 30.1. The molecule has 6 rings (SSSR count). The molecule has 0 aliphatic carbocycles. The molecule has 4 heterocycles. The van der Waals surface area contributed by atoms with E-state index >= 15 is 0 Å². The Labute approximate surface area is 298 Å². The minimum Gasteiger partial charge on any atom is -0.316 e. The molecule has 0 amide bonds. The third kappa shape index (κ3) is 8.35. The van der Waals surface area contributed by atoms with E-state index in [0.717, 1.165) is 15.1 Å². The van der Waals surface area contributed by atoms with Gasteiger partial charge in [0.1, 0.15) is 9.79 Å². The normalized spacial score (nSPS) is 11.0. The molecule has 1 N–H and O–H groups in total. The number of aromatic nitrogens is 4. The van der Waals surface area contributed by atoms with Crippen molar-refractivity contribution in [3.63, 3.8) is 0 Å². The fourth-order valence-electron chi connectivity index (χ4n) is 5.06. The van der Waals surface area contributed by atoms with Crippen LogP contribution in [0.1, 0.15) is 27.3 Å². The number of benzene rings is 2. The quantitative estimate of drug-likeness (QED) is 0.165. The van der Waals surface area contributed by atoms with E-state index in [1.807, 2.05) is 61.6 Å². The highest BCUT2D eigenvalue weighted by Crippen LogP contribution is 2.29. The molecule has 0 unspecified atom stereocenters. The Bertz CT molecular complexity index is 2240. The van der Waals surface area contributed by atoms with Gasteiger partial charge in [-0.05, 0) is 74.0 Å². The summed E-state index contributed by atoms with van der Waals surface area (Å²) < 4.78 is 54.8. The van der Waals surface area contributed by atoms with Crippen molar-refractivity contribution in [1.29, 1.82) is 0 Å². The molecule has 0 saturated heterocycles. The summed E-state index contributed by atoms with van der Waals surface area (Å²) in [5.74, 6) is 0. The fourth-order valence-corrected chi connectivity index (χ4v) is 8.20. The van der Waals surface area contributed by atoms with E-state index in [1.54, 1.807) is 68.8 Å². The van der Waals surface area contributed by atoms with Crippen molar-refractivity contribution in [2.75, 3.05) is 7.05 Å². The molecule has 4 aromatic heterocycles. The standard InChI is InChI=1S/C18H19N3O2S.C17H14N2O3S.2ClH/c1-14-18(9-6-10-20-14)24(22,23)21-13-15(12-19-2)11-17(21)16-7-4-3-5-8-16;1-13-17(8-5-9-18-13)23(21,22)19-11-14(12-20)10-16(19)15-6-3-2-4-7-15;;/h3-11,13,19H,12H2,1-2H3;2-12H,1H3;2*1H. The molecule has 6 aromatic rings. The zero-order chi connectivity index (χ0) is 33.6. The molecule has 14 heteroatoms. The molecule has 10 nitrogen and oxygen atoms in total. The summed E-state index contributed by atoms with van der Waals surface area (Å²) in [5.41, 5.74) is 4.75. The van der Waals surface area contributed by atoms with Gasteiger partial charge in [-0.2, -0.15) is 0 Å². The fraction of sp³-hybridized carbons (Fsp3) is 0.114. The first-order valence-corrected chi connectivity index (χ1v) is 17.4. The van der Waals surface area contributed by atoms with E-state index in [0.29, 0.717) is 46.7 Å². The molecule has 0 bridgehead atoms. The number of aryl methyl sites for hydroxylation is 2. The SMILES string of the molecule is CNCc1cc(-c2ccccc2)n(S(=O)(=O)c2cccnc2C)c1.Cc1ncccc1S(=O)(=O)n1cc(C=O)cc1-c1ccccc1.Cl.Cl. The van der Waals surface area contributed by atoms with Gasteiger partial charge < -0.3 is 5.32 Å². The first-order chi connectivity index (χ1) is 22.6. The predicted molar refractivity (Wildman–Crippen MR) is 195 cm³/mol. The lowest BCUT2D eigenvalue weighted by atomic mass is 10.1. The van der Waals surface area contributed by atoms with Crippen molar-refractivity contribution in [1.82, 2.24) is 23.2 Å². The molecule has 0 radical (unpaired) electrons. The summed E-state index contributed by atoms with van der Waals surface area (Å²) >= 11 is 0. The van der Waals surface area contributed by atoms with Gasteiger partial charge in [0.25, 0.3) is 20.0 Å². The topological polar surface area (TPSA) is 133 Å². The van der Waals surface area contributed by atoms with Gasteiger partial charge in [-0.25, -0.2) is 24.8 Å². The highest BCUT2D eigenvalue weighted by Gasteiger charge is 2.25. The minimum atomic E-state index is -3.84. The molecule has 0 spiro atoms. The first kappa shape index (κ1) is 38.9. The highest BCUT2D eigenvalue weighted by atomic mass is 35.5. The molecule has 0 fully saturated rings. The van der Waals surface area contributed by atoms with Gasteiger partial charge in [-0.15, -0.1) is 24.8 Å². The van der Waals surface area contributed by atoms with Crippen LogP contribution in [0.2, 0.25) is 0 Å². The maximum Gasteiger partial charge on any atom is 0.269 e. The number of halogens is 2. The number of carbonyl (C=O) groups excluding carboxylic acids is 1. The second-order valence-electron chi connectivity index (χ2n) is 10.5. The van der Waals surface area contributed by atoms with Crippen LogP contribution in [0.3, 0.4) is 0 Å². The van der Waals surface area contributed by atoms with Gasteiger partial charge >= 0.3 is 0 Å². The Morgan fingerprint density at radius 1 is 0.653 bits per heavy atom. The van der Waals surface area contributed by atoms with Gasteiger partial charge in [0, 0.05) is 36.9 Å². The van der Waals surface area contributed by atoms with Crippen molar-refractivity contribution >= 4 is 51.1 Å². The number of hydrogen-bond acceptors (Lipinski definition) is 8. The molecular weight excluding hydrogens is 705 g/mol. The Morgan fingerprint density at radius 2 is 1.10 bits per heavy atom. The molecule has 0 atom stereocenters. The summed E-state index contributed by atoms with van der Waals surface area (Å²) in [6.45, 7) is 3.93. The predicted octanol–water partition coefficient (Wildman–Crippen LogP) is 6.57. The van der Waals surface area contributed by atoms with Crippen molar-refractivity contribution in [3.8, 4) is 22.5 Å². The minimum absolute atomic E-state index is 0. The second-order valence-corrected chi connectivity index (χ2v) is 14.1. The van der Waals surface area contributed by atoms with Gasteiger partial charge in [-0.3, -0.25) is 14.8 Å². The van der Waals surface area contributed by atoms with Gasteiger partial charge in [0.05, 0.1) is 22.8 Å². The van der Waals surface area contributed by atoms with Crippen LogP contribution in [0.15, 0.2) is 132 Å². The number of hydrogen-bond donors (Lipinski definition) is 1. The number of nitrogens with zero attached hydrogens (tertiary/aromatic N) is 4. The van der Waals surface area contributed by atoms with E-state index in [4.69, 9.17) is 0 Å². The van der Waals surface area contributed by atoms with Gasteiger partial charge in [0.15, 0.2) is 6.29 Å². The lowest BCUT2D eigenvalue weighted by molar-refractivity contribution is 0.112. The van der Waals surface area contributed by atoms with Crippen LogP contribution in [0, 0.1) is 13.8 Å². The molecule has 0 aliphatic rings. The monoisotopic (exact) mass is 739 g/mol. The Morgan fingerprint density at radius 3 is 1.53 bits per heavy atom. The van der Waals surface area contributed by atoms with E-state index in [9.17, 15) is 21.6 Å². The van der Waals surface area contributed by atoms with E-state index < -0.39 is 20.0 Å². The molecule has 0 aliphatic heterocycles. The van der Waals surface area contributed by atoms with E-state index in [-0.39, 0.29) is 34.6 Å². The van der Waals surface area contributed by atoms with Crippen molar-refractivity contribution in [3.05, 3.63) is 144 Å². The van der Waals surface area contributed by atoms with Crippen LogP contribution in [0.5, 0.6) is 0 Å². The number of aldehydes is 1. The average molecular weight is 741 g/mol. The maximum absolute atomic E-state index is 13.2. The lowest BCUT2D eigenvalue weighted by Crippen LogP contribution is -2.15. The number of pyridine rings is 2. The van der Waals surface area contributed by atoms with Crippen molar-refractivity contribution in [2.24, 2.45) is 0 Å². The van der Waals surface area contributed by atoms with Crippen molar-refractivity contribution < 1.29 is 21.6 Å². The summed E-state index contributed by atoms with van der Waals surface area (Å²) in [4.78, 5) is 19.6. The van der Waals surface area contributed by atoms with Crippen LogP contribution in [0.25, 0.3) is 22.5 Å². The number of nitrogens with one attached hydrogen (secondary N) is 1. The lowest BCUT2D eigenvalue weighted by Gasteiger charge is -2.12. The van der Waals surface area contributed by atoms with Crippen molar-refractivity contribution in [2.45, 2.75) is 30.2 Å². The van der Waals surface area contributed by atoms with Gasteiger partial charge in [-0.1, -0.05) is 60.7 Å². The molecular formula is C35H35Cl2N5O5S2. The Balaban J connectivity index is 0.000000255. The second kappa shape index (κ2) is 16.7. The van der Waals surface area contributed by atoms with Gasteiger partial charge in [0.2, 0.25) is 0 Å². The van der Waals surface area contributed by atoms with Crippen LogP contribution in [-0.4, -0.2) is 48.1 Å². The molecule has 2 aromatic carbocycles. The summed E-state index contributed by atoms with van der Waals surface area (Å²) in [5, 5.41) is 3.06. The molecule has 0 saturated carbocycles. The van der Waals surface area contributed by atoms with Crippen LogP contribution < -0.4 is 5.32 Å². The number of carbonyl (C=O) groups is 1. The summed E-state index contributed by atoms with van der Waals surface area (Å²) in [7, 11) is -5.73. The average Bonchev–Trinajstić information content (AvgIpc) is 3.73. The molecule has 49 heavy (non-hydrogen) atoms. The third-order valence-corrected chi connectivity index (χ3v) is 10.9. The zero-order valence-electron chi connectivity index (χ0n) is 26.8. The van der Waals surface area contributed by atoms with E-state index in [1.165, 1.54) is 16.2 Å². The van der Waals surface area contributed by atoms with Crippen LogP contribution in [-0.2, 0) is 26.6 Å². The highest BCUT2D eigenvalue weighted by molar-refractivity contribution is 7.90. The molecule has 256 valence electrons. The van der Waals surface area contributed by atoms with Crippen LogP contribution >= 0.6 is 24.8 Å². The third-order valence-electron chi connectivity index (χ3n) is 7.30.